The number of nitrogens with zero attached hydrogens (tertiary/aromatic N) is 6. The number of aromatic nitrogens is 2. The summed E-state index contributed by atoms with van der Waals surface area (Å²) in [5, 5.41) is 1.85. The van der Waals surface area contributed by atoms with Gasteiger partial charge in [0.1, 0.15) is 110 Å². The van der Waals surface area contributed by atoms with Crippen molar-refractivity contribution < 1.29 is 76.0 Å². The van der Waals surface area contributed by atoms with Crippen molar-refractivity contribution in [2.45, 2.75) is 27.7 Å². The van der Waals surface area contributed by atoms with E-state index < -0.39 is 23.6 Å². The molecule has 16 heterocycles. The lowest BCUT2D eigenvalue weighted by molar-refractivity contribution is -0.135. The summed E-state index contributed by atoms with van der Waals surface area (Å²) in [5.41, 5.74) is 1.54. The van der Waals surface area contributed by atoms with Crippen LogP contribution >= 0.6 is 115 Å². The van der Waals surface area contributed by atoms with Gasteiger partial charge < -0.3 is 56.8 Å². The summed E-state index contributed by atoms with van der Waals surface area (Å²) in [6.45, 7) is 12.3. The normalized spacial score (nSPS) is 17.4. The summed E-state index contributed by atoms with van der Waals surface area (Å²) in [6, 6.07) is 4.14. The first-order valence-corrected chi connectivity index (χ1v) is 37.3. The van der Waals surface area contributed by atoms with E-state index in [1.807, 2.05) is 27.7 Å². The Morgan fingerprint density at radius 1 is 0.340 bits per heavy atom. The molecule has 4 amide bonds. The van der Waals surface area contributed by atoms with Crippen LogP contribution in [0.2, 0.25) is 0 Å². The fourth-order valence-corrected chi connectivity index (χ4v) is 22.5. The SMILES string of the molecule is CCN1C(=O)C(=Cc2sc(-c3sc(-c4sc(-c5nc6cc7sc(-c8sc(-c9sc(-c%10sc(C=C%11C(=O)N(CC)C(=S)N(CC)C%11=O)c%11c%10OCCO%11)c%10c9OCCO%10)c9c8OCCO9)nc7cc6s5)c5c4OCCO5)c4c3OCCO4)c3c2OCCO3)C(=O)N(CC)C1=S. The number of likely N-dealkylation sites (N-methyl/N-ethyl adjacent to an activating group) is 4. The van der Waals surface area contributed by atoms with Crippen LogP contribution in [0.5, 0.6) is 69.0 Å². The van der Waals surface area contributed by atoms with Gasteiger partial charge in [0.25, 0.3) is 23.6 Å². The number of carbonyl (C=O) groups excluding carboxylic acids is 4. The van der Waals surface area contributed by atoms with Crippen molar-refractivity contribution in [2.24, 2.45) is 0 Å². The molecule has 0 N–H and O–H groups in total. The Labute approximate surface area is 576 Å². The van der Waals surface area contributed by atoms with Crippen molar-refractivity contribution in [3.05, 3.63) is 33.0 Å². The molecule has 8 aliphatic heterocycles. The molecule has 32 heteroatoms. The molecule has 0 bridgehead atoms. The predicted molar refractivity (Wildman–Crippen MR) is 369 cm³/mol. The van der Waals surface area contributed by atoms with Crippen molar-refractivity contribution in [1.82, 2.24) is 29.6 Å². The van der Waals surface area contributed by atoms with Crippen LogP contribution in [-0.4, -0.2) is 169 Å². The highest BCUT2D eigenvalue weighted by molar-refractivity contribution is 7.80. The van der Waals surface area contributed by atoms with Crippen LogP contribution in [0, 0.1) is 0 Å². The summed E-state index contributed by atoms with van der Waals surface area (Å²) in [6.07, 6.45) is 3.18. The van der Waals surface area contributed by atoms with Gasteiger partial charge >= 0.3 is 0 Å². The molecule has 482 valence electrons. The van der Waals surface area contributed by atoms with Crippen LogP contribution < -0.4 is 56.8 Å². The van der Waals surface area contributed by atoms with Gasteiger partial charge in [-0.2, -0.15) is 0 Å². The van der Waals surface area contributed by atoms with E-state index >= 15 is 0 Å². The van der Waals surface area contributed by atoms with Gasteiger partial charge in [-0.25, -0.2) is 9.97 Å². The summed E-state index contributed by atoms with van der Waals surface area (Å²) in [7, 11) is 0. The molecule has 22 nitrogen and oxygen atoms in total. The first-order chi connectivity index (χ1) is 45.9. The van der Waals surface area contributed by atoms with Gasteiger partial charge in [-0.15, -0.1) is 90.7 Å². The lowest BCUT2D eigenvalue weighted by atomic mass is 10.1. The topological polar surface area (TPSA) is 218 Å². The van der Waals surface area contributed by atoms with Crippen LogP contribution in [0.3, 0.4) is 0 Å². The molecule has 8 aromatic heterocycles. The average molecular weight is 1450 g/mol. The minimum Gasteiger partial charge on any atom is -0.485 e. The molecular weight excluding hydrogens is 1410 g/mol. The van der Waals surface area contributed by atoms with Gasteiger partial charge in [0, 0.05) is 26.2 Å². The van der Waals surface area contributed by atoms with E-state index in [-0.39, 0.29) is 34.6 Å². The molecule has 2 fully saturated rings. The molecule has 94 heavy (non-hydrogen) atoms. The van der Waals surface area contributed by atoms with Crippen LogP contribution in [0.4, 0.5) is 0 Å². The van der Waals surface area contributed by atoms with E-state index in [1.54, 1.807) is 12.2 Å². The van der Waals surface area contributed by atoms with E-state index in [0.29, 0.717) is 181 Å². The minimum atomic E-state index is -0.469. The smallest absolute Gasteiger partial charge is 0.265 e. The van der Waals surface area contributed by atoms with Gasteiger partial charge in [0.2, 0.25) is 0 Å². The maximum absolute atomic E-state index is 13.8. The van der Waals surface area contributed by atoms with Gasteiger partial charge in [-0.05, 0) is 76.4 Å². The second kappa shape index (κ2) is 23.6. The van der Waals surface area contributed by atoms with Gasteiger partial charge in [-0.3, -0.25) is 38.8 Å². The number of thiazole rings is 2. The zero-order chi connectivity index (χ0) is 63.9. The quantitative estimate of drug-likeness (QED) is 0.0631. The Bertz CT molecular complexity index is 4460. The van der Waals surface area contributed by atoms with Crippen LogP contribution in [0.15, 0.2) is 23.3 Å². The monoisotopic (exact) mass is 1450 g/mol. The second-order valence-electron chi connectivity index (χ2n) is 21.5. The minimum absolute atomic E-state index is 0.0164. The van der Waals surface area contributed by atoms with E-state index in [2.05, 4.69) is 12.1 Å². The molecule has 0 radical (unpaired) electrons. The van der Waals surface area contributed by atoms with Crippen LogP contribution in [0.25, 0.3) is 91.4 Å². The first-order valence-electron chi connectivity index (χ1n) is 30.0. The van der Waals surface area contributed by atoms with Gasteiger partial charge in [0.05, 0.1) is 69.2 Å². The maximum atomic E-state index is 13.8. The van der Waals surface area contributed by atoms with E-state index in [0.717, 1.165) is 69.5 Å². The number of thiophene rings is 6. The molecule has 1 aromatic carbocycles. The molecular formula is C62H48N6O16S10. The number of ether oxygens (including phenoxy) is 12. The summed E-state index contributed by atoms with van der Waals surface area (Å²) in [5.74, 6) is 4.52. The molecule has 8 aliphatic rings. The highest BCUT2D eigenvalue weighted by Crippen LogP contribution is 2.67. The third-order valence-electron chi connectivity index (χ3n) is 16.2. The van der Waals surface area contributed by atoms with Crippen molar-refractivity contribution in [3.63, 3.8) is 0 Å². The largest absolute Gasteiger partial charge is 0.485 e. The van der Waals surface area contributed by atoms with E-state index in [1.165, 1.54) is 110 Å². The summed E-state index contributed by atoms with van der Waals surface area (Å²) >= 11 is 22.8. The van der Waals surface area contributed by atoms with Crippen molar-refractivity contribution in [1.29, 1.82) is 0 Å². The van der Waals surface area contributed by atoms with E-state index in [4.69, 9.17) is 91.2 Å². The Morgan fingerprint density at radius 3 is 0.830 bits per heavy atom. The van der Waals surface area contributed by atoms with Crippen molar-refractivity contribution >= 4 is 182 Å². The number of hydrogen-bond acceptors (Lipinski definition) is 28. The molecule has 17 rings (SSSR count). The predicted octanol–water partition coefficient (Wildman–Crippen LogP) is 12.7. The van der Waals surface area contributed by atoms with E-state index in [9.17, 15) is 19.2 Å². The molecule has 2 saturated heterocycles. The molecule has 0 unspecified atom stereocenters. The number of thiocarbonyl (C=S) groups is 2. The number of rotatable bonds is 12. The third kappa shape index (κ3) is 9.35. The molecule has 0 aliphatic carbocycles. The average Bonchev–Trinajstić information content (AvgIpc) is 1.57. The lowest BCUT2D eigenvalue weighted by Crippen LogP contribution is -2.55. The molecule has 0 atom stereocenters. The number of benzene rings is 1. The molecule has 0 spiro atoms. The number of fused-ring (bicyclic) bond motifs is 8. The Kier molecular flexibility index (Phi) is 15.1. The number of carbonyl (C=O) groups is 4. The Morgan fingerprint density at radius 2 is 0.564 bits per heavy atom. The summed E-state index contributed by atoms with van der Waals surface area (Å²) < 4.78 is 78.8. The Balaban J connectivity index is 0.710. The second-order valence-corrected chi connectivity index (χ2v) is 30.4. The number of hydrogen-bond donors (Lipinski definition) is 0. The number of amides is 4. The zero-order valence-electron chi connectivity index (χ0n) is 49.9. The zero-order valence-corrected chi connectivity index (χ0v) is 58.1. The fourth-order valence-electron chi connectivity index (χ4n) is 12.0. The first kappa shape index (κ1) is 60.0. The molecule has 0 saturated carbocycles. The standard InChI is InChI=1S/C62H48N6O16S10/c1-5-65-57(69)25(58(70)66(6-2)61(65)85)21-31-33-35(75-11-9-73-33)45(87-31)47-37-39(79-15-13-77-37)49(91-47)51-41-43(83-19-17-81-41)53(93-51)55-63-27-23-30-28(24-29(27)89-55)64-56(90-30)54-44-42(82-18-20-84-44)52(94-54)50-40-38(78-14-16-80-40)48(92-50)46-36-34(74-10-12-76-36)32(88-46)22-26-59(71)67(7-3)62(86)68(8-4)60(26)72/h21-24H,5-20H2,1-4H3. The lowest BCUT2D eigenvalue weighted by Gasteiger charge is -2.35. The molecule has 9 aromatic rings. The van der Waals surface area contributed by atoms with Gasteiger partial charge in [-0.1, -0.05) is 0 Å². The third-order valence-corrected chi connectivity index (χ3v) is 26.9. The fraction of sp³-hybridized carbons (Fsp3) is 0.323. The van der Waals surface area contributed by atoms with Crippen molar-refractivity contribution in [2.75, 3.05) is 105 Å². The van der Waals surface area contributed by atoms with Crippen molar-refractivity contribution in [3.8, 4) is 128 Å². The van der Waals surface area contributed by atoms with Gasteiger partial charge in [0.15, 0.2) is 79.2 Å². The van der Waals surface area contributed by atoms with Crippen LogP contribution in [-0.2, 0) is 19.2 Å². The van der Waals surface area contributed by atoms with Crippen LogP contribution in [0.1, 0.15) is 37.4 Å². The Hall–Kier alpha value is -7.66. The highest BCUT2D eigenvalue weighted by Gasteiger charge is 2.44. The maximum Gasteiger partial charge on any atom is 0.265 e. The summed E-state index contributed by atoms with van der Waals surface area (Å²) in [4.78, 5) is 80.2. The highest BCUT2D eigenvalue weighted by atomic mass is 32.1.